The Morgan fingerprint density at radius 1 is 1.37 bits per heavy atom. The van der Waals surface area contributed by atoms with Gasteiger partial charge in [0.2, 0.25) is 0 Å². The molecule has 0 saturated heterocycles. The molecular weight excluding hydrogens is 278 g/mol. The van der Waals surface area contributed by atoms with Gasteiger partial charge in [0, 0.05) is 10.9 Å². The molecule has 3 atom stereocenters. The number of hydrogen-bond acceptors (Lipinski definition) is 3. The SMILES string of the molecule is CC1CCC(NC(c2ccco2)c2ccc(Cl)s2)C1. The highest BCUT2D eigenvalue weighted by atomic mass is 35.5. The molecule has 0 aliphatic heterocycles. The first kappa shape index (κ1) is 13.2. The zero-order valence-electron chi connectivity index (χ0n) is 10.9. The summed E-state index contributed by atoms with van der Waals surface area (Å²) in [6, 6.07) is 8.72. The van der Waals surface area contributed by atoms with E-state index in [9.17, 15) is 0 Å². The molecule has 0 spiro atoms. The predicted octanol–water partition coefficient (Wildman–Crippen LogP) is 4.86. The Labute approximate surface area is 122 Å². The van der Waals surface area contributed by atoms with E-state index in [0.717, 1.165) is 16.0 Å². The molecule has 2 aromatic rings. The van der Waals surface area contributed by atoms with Gasteiger partial charge in [-0.25, -0.2) is 0 Å². The van der Waals surface area contributed by atoms with Crippen molar-refractivity contribution in [3.05, 3.63) is 45.5 Å². The van der Waals surface area contributed by atoms with Gasteiger partial charge in [0.1, 0.15) is 11.8 Å². The third kappa shape index (κ3) is 3.04. The van der Waals surface area contributed by atoms with Crippen LogP contribution in [0.2, 0.25) is 4.34 Å². The van der Waals surface area contributed by atoms with Gasteiger partial charge in [-0.2, -0.15) is 0 Å². The van der Waals surface area contributed by atoms with Crippen LogP contribution in [-0.2, 0) is 0 Å². The lowest BCUT2D eigenvalue weighted by atomic mass is 10.1. The molecule has 1 saturated carbocycles. The molecule has 4 heteroatoms. The first-order valence-electron chi connectivity index (χ1n) is 6.77. The molecule has 2 nitrogen and oxygen atoms in total. The fraction of sp³-hybridized carbons (Fsp3) is 0.467. The molecule has 1 aliphatic rings. The standard InChI is InChI=1S/C15H18ClNOS/c1-10-4-5-11(9-10)17-15(12-3-2-8-18-12)13-6-7-14(16)19-13/h2-3,6-8,10-11,15,17H,4-5,9H2,1H3. The van der Waals surface area contributed by atoms with Crippen LogP contribution < -0.4 is 5.32 Å². The molecule has 1 N–H and O–H groups in total. The summed E-state index contributed by atoms with van der Waals surface area (Å²) in [5.41, 5.74) is 0. The first-order chi connectivity index (χ1) is 9.22. The van der Waals surface area contributed by atoms with Crippen molar-refractivity contribution in [2.45, 2.75) is 38.3 Å². The zero-order chi connectivity index (χ0) is 13.2. The minimum absolute atomic E-state index is 0.128. The van der Waals surface area contributed by atoms with Crippen LogP contribution in [0.25, 0.3) is 0 Å². The average molecular weight is 296 g/mol. The van der Waals surface area contributed by atoms with Crippen molar-refractivity contribution in [1.82, 2.24) is 5.32 Å². The van der Waals surface area contributed by atoms with E-state index in [4.69, 9.17) is 16.0 Å². The molecule has 2 aromatic heterocycles. The number of rotatable bonds is 4. The Balaban J connectivity index is 1.81. The van der Waals surface area contributed by atoms with Crippen molar-refractivity contribution >= 4 is 22.9 Å². The van der Waals surface area contributed by atoms with Gasteiger partial charge in [-0.1, -0.05) is 18.5 Å². The molecule has 0 amide bonds. The van der Waals surface area contributed by atoms with Gasteiger partial charge in [-0.05, 0) is 49.4 Å². The normalized spacial score (nSPS) is 24.7. The average Bonchev–Trinajstić information content (AvgIpc) is 3.08. The highest BCUT2D eigenvalue weighted by Crippen LogP contribution is 2.34. The van der Waals surface area contributed by atoms with E-state index < -0.39 is 0 Å². The van der Waals surface area contributed by atoms with Crippen LogP contribution in [0.15, 0.2) is 34.9 Å². The van der Waals surface area contributed by atoms with Crippen LogP contribution in [0.3, 0.4) is 0 Å². The Bertz CT molecular complexity index is 522. The lowest BCUT2D eigenvalue weighted by Gasteiger charge is -2.20. The van der Waals surface area contributed by atoms with Crippen molar-refractivity contribution in [3.8, 4) is 0 Å². The summed E-state index contributed by atoms with van der Waals surface area (Å²) in [4.78, 5) is 1.22. The van der Waals surface area contributed by atoms with Gasteiger partial charge in [0.15, 0.2) is 0 Å². The van der Waals surface area contributed by atoms with E-state index in [2.05, 4.69) is 18.3 Å². The largest absolute Gasteiger partial charge is 0.467 e. The van der Waals surface area contributed by atoms with Crippen molar-refractivity contribution < 1.29 is 4.42 Å². The lowest BCUT2D eigenvalue weighted by molar-refractivity contribution is 0.403. The lowest BCUT2D eigenvalue weighted by Crippen LogP contribution is -2.31. The van der Waals surface area contributed by atoms with Crippen LogP contribution in [0.4, 0.5) is 0 Å². The fourth-order valence-corrected chi connectivity index (χ4v) is 3.97. The molecule has 19 heavy (non-hydrogen) atoms. The van der Waals surface area contributed by atoms with Crippen molar-refractivity contribution in [3.63, 3.8) is 0 Å². The highest BCUT2D eigenvalue weighted by molar-refractivity contribution is 7.16. The van der Waals surface area contributed by atoms with Crippen LogP contribution >= 0.6 is 22.9 Å². The van der Waals surface area contributed by atoms with E-state index >= 15 is 0 Å². The summed E-state index contributed by atoms with van der Waals surface area (Å²) in [5, 5.41) is 3.74. The number of thiophene rings is 1. The maximum atomic E-state index is 6.07. The summed E-state index contributed by atoms with van der Waals surface area (Å²) < 4.78 is 6.42. The fourth-order valence-electron chi connectivity index (χ4n) is 2.84. The Kier molecular flexibility index (Phi) is 3.96. The molecular formula is C15H18ClNOS. The van der Waals surface area contributed by atoms with Gasteiger partial charge in [0.05, 0.1) is 10.6 Å². The zero-order valence-corrected chi connectivity index (χ0v) is 12.5. The van der Waals surface area contributed by atoms with E-state index in [1.807, 2.05) is 18.2 Å². The van der Waals surface area contributed by atoms with Crippen molar-refractivity contribution in [1.29, 1.82) is 0 Å². The second-order valence-corrected chi connectivity index (χ2v) is 7.12. The topological polar surface area (TPSA) is 25.2 Å². The molecule has 0 bridgehead atoms. The maximum absolute atomic E-state index is 6.07. The van der Waals surface area contributed by atoms with Crippen molar-refractivity contribution in [2.24, 2.45) is 5.92 Å². The smallest absolute Gasteiger partial charge is 0.126 e. The van der Waals surface area contributed by atoms with Crippen LogP contribution in [0.5, 0.6) is 0 Å². The summed E-state index contributed by atoms with van der Waals surface area (Å²) in [6.45, 7) is 2.32. The third-order valence-electron chi connectivity index (χ3n) is 3.80. The summed E-state index contributed by atoms with van der Waals surface area (Å²) in [7, 11) is 0. The van der Waals surface area contributed by atoms with Crippen LogP contribution in [-0.4, -0.2) is 6.04 Å². The number of hydrogen-bond donors (Lipinski definition) is 1. The second kappa shape index (κ2) is 5.70. The van der Waals surface area contributed by atoms with E-state index in [1.54, 1.807) is 17.6 Å². The van der Waals surface area contributed by atoms with Gasteiger partial charge in [-0.15, -0.1) is 11.3 Å². The molecule has 102 valence electrons. The summed E-state index contributed by atoms with van der Waals surface area (Å²) >= 11 is 7.69. The molecule has 0 radical (unpaired) electrons. The first-order valence-corrected chi connectivity index (χ1v) is 7.96. The van der Waals surface area contributed by atoms with Crippen LogP contribution in [0.1, 0.15) is 42.9 Å². The van der Waals surface area contributed by atoms with Gasteiger partial charge in [0.25, 0.3) is 0 Å². The van der Waals surface area contributed by atoms with Crippen molar-refractivity contribution in [2.75, 3.05) is 0 Å². The van der Waals surface area contributed by atoms with Gasteiger partial charge < -0.3 is 9.73 Å². The number of nitrogens with one attached hydrogen (secondary N) is 1. The molecule has 3 rings (SSSR count). The molecule has 1 fully saturated rings. The third-order valence-corrected chi connectivity index (χ3v) is 5.10. The van der Waals surface area contributed by atoms with Gasteiger partial charge in [-0.3, -0.25) is 0 Å². The van der Waals surface area contributed by atoms with E-state index in [-0.39, 0.29) is 6.04 Å². The minimum Gasteiger partial charge on any atom is -0.467 e. The quantitative estimate of drug-likeness (QED) is 0.871. The molecule has 1 aliphatic carbocycles. The predicted molar refractivity (Wildman–Crippen MR) is 79.8 cm³/mol. The molecule has 0 aromatic carbocycles. The van der Waals surface area contributed by atoms with E-state index in [0.29, 0.717) is 6.04 Å². The highest BCUT2D eigenvalue weighted by Gasteiger charge is 2.27. The Hall–Kier alpha value is -0.770. The van der Waals surface area contributed by atoms with Crippen LogP contribution in [0, 0.1) is 5.92 Å². The monoisotopic (exact) mass is 295 g/mol. The Morgan fingerprint density at radius 3 is 2.84 bits per heavy atom. The number of halogens is 1. The molecule has 2 heterocycles. The molecule has 3 unspecified atom stereocenters. The second-order valence-electron chi connectivity index (χ2n) is 5.37. The Morgan fingerprint density at radius 2 is 2.26 bits per heavy atom. The van der Waals surface area contributed by atoms with E-state index in [1.165, 1.54) is 24.1 Å². The number of furan rings is 1. The summed E-state index contributed by atoms with van der Waals surface area (Å²) in [5.74, 6) is 1.79. The minimum atomic E-state index is 0.128. The summed E-state index contributed by atoms with van der Waals surface area (Å²) in [6.07, 6.45) is 5.54. The van der Waals surface area contributed by atoms with Gasteiger partial charge >= 0.3 is 0 Å². The maximum Gasteiger partial charge on any atom is 0.126 e.